The van der Waals surface area contributed by atoms with Gasteiger partial charge in [0.25, 0.3) is 0 Å². The van der Waals surface area contributed by atoms with E-state index in [2.05, 4.69) is 0 Å². The Balaban J connectivity index is 1.87. The molecule has 252 valence electrons. The fraction of sp³-hybridized carbons (Fsp3) is 0.111. The van der Waals surface area contributed by atoms with E-state index in [9.17, 15) is 70.2 Å². The maximum atomic E-state index is 14.6. The third-order valence-corrected chi connectivity index (χ3v) is 6.76. The first-order chi connectivity index (χ1) is 21.6. The summed E-state index contributed by atoms with van der Waals surface area (Å²) in [5.74, 6) is -24.7. The van der Waals surface area contributed by atoms with Crippen LogP contribution in [0.5, 0.6) is 0 Å². The van der Waals surface area contributed by atoms with Crippen LogP contribution in [0.4, 0.5) is 104 Å². The van der Waals surface area contributed by atoms with Gasteiger partial charge in [-0.15, -0.1) is 0 Å². The predicted octanol–water partition coefficient (Wildman–Crippen LogP) is 9.14. The number of hydrogen-bond acceptors (Lipinski definition) is 4. The number of anilines is 6. The third kappa shape index (κ3) is 5.43. The van der Waals surface area contributed by atoms with Gasteiger partial charge >= 0.3 is 12.4 Å². The van der Waals surface area contributed by atoms with Crippen molar-refractivity contribution in [3.8, 4) is 0 Å². The highest BCUT2D eigenvalue weighted by Gasteiger charge is 2.72. The maximum absolute atomic E-state index is 14.6. The Hall–Kier alpha value is -5.04. The highest BCUT2D eigenvalue weighted by molar-refractivity contribution is 5.77. The molecule has 4 rings (SSSR count). The first-order valence-electron chi connectivity index (χ1n) is 12.1. The van der Waals surface area contributed by atoms with E-state index in [0.717, 1.165) is 0 Å². The molecule has 0 bridgehead atoms. The summed E-state index contributed by atoms with van der Waals surface area (Å²) in [6.45, 7) is 0. The van der Waals surface area contributed by atoms with Gasteiger partial charge in [0.05, 0.1) is 22.7 Å². The standard InChI is InChI=1S/C27H12F16N4/c28-13-15(30)19(34)23(20(35)16(13)31)46-11-3-1-7(5-9(11)44)25(26(38,39)40,27(41,42)43)8-2-4-12(10(45)6-8)47-24-21(36)17(32)14(29)18(33)22(24)37/h1-6,46-47H,44-45H2. The summed E-state index contributed by atoms with van der Waals surface area (Å²) >= 11 is 0. The number of hydrogen-bond donors (Lipinski definition) is 4. The molecule has 0 atom stereocenters. The molecule has 0 spiro atoms. The molecule has 0 aliphatic carbocycles. The molecule has 0 aliphatic rings. The minimum absolute atomic E-state index is 0.0204. The van der Waals surface area contributed by atoms with Crippen LogP contribution in [0.25, 0.3) is 0 Å². The molecule has 6 N–H and O–H groups in total. The Bertz CT molecular complexity index is 1710. The van der Waals surface area contributed by atoms with E-state index in [-0.39, 0.29) is 24.3 Å². The Labute approximate surface area is 250 Å². The van der Waals surface area contributed by atoms with Crippen molar-refractivity contribution in [2.75, 3.05) is 22.1 Å². The molecule has 0 amide bonds. The van der Waals surface area contributed by atoms with Gasteiger partial charge in [-0.1, -0.05) is 12.1 Å². The van der Waals surface area contributed by atoms with Gasteiger partial charge in [0.1, 0.15) is 11.4 Å². The van der Waals surface area contributed by atoms with Crippen LogP contribution in [-0.2, 0) is 5.41 Å². The summed E-state index contributed by atoms with van der Waals surface area (Å²) in [7, 11) is 0. The van der Waals surface area contributed by atoms with Crippen molar-refractivity contribution in [1.82, 2.24) is 0 Å². The minimum Gasteiger partial charge on any atom is -0.397 e. The molecule has 4 aromatic rings. The molecule has 0 fully saturated rings. The van der Waals surface area contributed by atoms with Crippen LogP contribution in [0.15, 0.2) is 36.4 Å². The van der Waals surface area contributed by atoms with E-state index in [1.807, 2.05) is 0 Å². The number of halogens is 16. The van der Waals surface area contributed by atoms with Crippen LogP contribution in [0, 0.1) is 58.2 Å². The molecule has 0 saturated heterocycles. The number of rotatable bonds is 6. The monoisotopic (exact) mass is 696 g/mol. The number of benzene rings is 4. The molecule has 0 unspecified atom stereocenters. The van der Waals surface area contributed by atoms with Crippen molar-refractivity contribution in [3.63, 3.8) is 0 Å². The summed E-state index contributed by atoms with van der Waals surface area (Å²) in [5.41, 5.74) is -4.96. The number of nitrogens with one attached hydrogen (secondary N) is 2. The second kappa shape index (κ2) is 11.6. The molecule has 0 radical (unpaired) electrons. The lowest BCUT2D eigenvalue weighted by atomic mass is 9.72. The molecular weight excluding hydrogens is 684 g/mol. The molecule has 47 heavy (non-hydrogen) atoms. The third-order valence-electron chi connectivity index (χ3n) is 6.76. The van der Waals surface area contributed by atoms with Crippen molar-refractivity contribution in [3.05, 3.63) is 106 Å². The Morgan fingerprint density at radius 1 is 0.404 bits per heavy atom. The second-order valence-corrected chi connectivity index (χ2v) is 9.49. The van der Waals surface area contributed by atoms with Gasteiger partial charge in [-0.25, -0.2) is 43.9 Å². The van der Waals surface area contributed by atoms with Crippen LogP contribution >= 0.6 is 0 Å². The Morgan fingerprint density at radius 3 is 0.894 bits per heavy atom. The summed E-state index contributed by atoms with van der Waals surface area (Å²) in [5, 5.41) is 3.25. The summed E-state index contributed by atoms with van der Waals surface area (Å²) in [6.07, 6.45) is -12.6. The van der Waals surface area contributed by atoms with Crippen molar-refractivity contribution in [1.29, 1.82) is 0 Å². The topological polar surface area (TPSA) is 76.1 Å². The average molecular weight is 696 g/mol. The van der Waals surface area contributed by atoms with Gasteiger partial charge in [0.15, 0.2) is 46.5 Å². The van der Waals surface area contributed by atoms with E-state index >= 15 is 0 Å². The highest BCUT2D eigenvalue weighted by atomic mass is 19.4. The zero-order valence-electron chi connectivity index (χ0n) is 22.2. The second-order valence-electron chi connectivity index (χ2n) is 9.49. The van der Waals surface area contributed by atoms with Gasteiger partial charge < -0.3 is 22.1 Å². The summed E-state index contributed by atoms with van der Waals surface area (Å²) < 4.78 is 225. The van der Waals surface area contributed by atoms with Crippen molar-refractivity contribution in [2.45, 2.75) is 17.8 Å². The van der Waals surface area contributed by atoms with Crippen LogP contribution < -0.4 is 22.1 Å². The van der Waals surface area contributed by atoms with Crippen LogP contribution in [0.3, 0.4) is 0 Å². The van der Waals surface area contributed by atoms with Crippen molar-refractivity contribution in [2.24, 2.45) is 0 Å². The molecular formula is C27H12F16N4. The van der Waals surface area contributed by atoms with Crippen LogP contribution in [-0.4, -0.2) is 12.4 Å². The van der Waals surface area contributed by atoms with E-state index in [1.165, 1.54) is 0 Å². The Kier molecular flexibility index (Phi) is 8.62. The smallest absolute Gasteiger partial charge is 0.397 e. The molecule has 20 heteroatoms. The lowest BCUT2D eigenvalue weighted by Gasteiger charge is -2.38. The minimum atomic E-state index is -6.32. The molecule has 4 aromatic carbocycles. The van der Waals surface area contributed by atoms with Crippen molar-refractivity contribution >= 4 is 34.1 Å². The Morgan fingerprint density at radius 2 is 0.660 bits per heavy atom. The van der Waals surface area contributed by atoms with Crippen LogP contribution in [0.1, 0.15) is 11.1 Å². The van der Waals surface area contributed by atoms with Crippen LogP contribution in [0.2, 0.25) is 0 Å². The van der Waals surface area contributed by atoms with E-state index in [1.54, 1.807) is 10.6 Å². The first kappa shape index (κ1) is 34.8. The highest BCUT2D eigenvalue weighted by Crippen LogP contribution is 2.57. The van der Waals surface area contributed by atoms with Gasteiger partial charge in [0.2, 0.25) is 17.0 Å². The number of nitrogen functional groups attached to an aromatic ring is 2. The average Bonchev–Trinajstić information content (AvgIpc) is 2.98. The summed E-state index contributed by atoms with van der Waals surface area (Å²) in [6, 6.07) is 0.847. The number of nitrogens with two attached hydrogens (primary N) is 2. The predicted molar refractivity (Wildman–Crippen MR) is 134 cm³/mol. The van der Waals surface area contributed by atoms with Gasteiger partial charge in [-0.05, 0) is 35.4 Å². The zero-order chi connectivity index (χ0) is 35.5. The molecule has 0 saturated carbocycles. The SMILES string of the molecule is Nc1cc(C(c2ccc(Nc3c(F)c(F)c(F)c(F)c3F)c(N)c2)(C(F)(F)F)C(F)(F)F)ccc1Nc1c(F)c(F)c(F)c(F)c1F. The van der Waals surface area contributed by atoms with Gasteiger partial charge in [-0.3, -0.25) is 0 Å². The quantitative estimate of drug-likeness (QED) is 0.0703. The lowest BCUT2D eigenvalue weighted by Crippen LogP contribution is -2.54. The first-order valence-corrected chi connectivity index (χ1v) is 12.1. The molecule has 4 nitrogen and oxygen atoms in total. The fourth-order valence-electron chi connectivity index (χ4n) is 4.50. The van der Waals surface area contributed by atoms with Crippen molar-refractivity contribution < 1.29 is 70.2 Å². The molecule has 0 aliphatic heterocycles. The van der Waals surface area contributed by atoms with E-state index in [4.69, 9.17) is 11.5 Å². The normalized spacial score (nSPS) is 12.4. The number of alkyl halides is 6. The van der Waals surface area contributed by atoms with Gasteiger partial charge in [0, 0.05) is 0 Å². The zero-order valence-corrected chi connectivity index (χ0v) is 22.2. The molecule has 0 heterocycles. The largest absolute Gasteiger partial charge is 0.411 e. The van der Waals surface area contributed by atoms with Gasteiger partial charge in [-0.2, -0.15) is 26.3 Å². The fourth-order valence-corrected chi connectivity index (χ4v) is 4.50. The summed E-state index contributed by atoms with van der Waals surface area (Å²) in [4.78, 5) is 0. The van der Waals surface area contributed by atoms with E-state index in [0.29, 0.717) is 12.1 Å². The molecule has 0 aromatic heterocycles. The lowest BCUT2D eigenvalue weighted by molar-refractivity contribution is -0.288. The van der Waals surface area contributed by atoms with E-state index < -0.39 is 121 Å². The maximum Gasteiger partial charge on any atom is 0.411 e.